The number of nitrogens with two attached hydrogens (primary N) is 1. The molecule has 0 saturated carbocycles. The number of fused-ring (bicyclic) bond motifs is 1. The third-order valence-electron chi connectivity index (χ3n) is 7.94. The van der Waals surface area contributed by atoms with Crippen molar-refractivity contribution in [2.24, 2.45) is 0 Å². The molecule has 0 aromatic carbocycles. The van der Waals surface area contributed by atoms with Crippen molar-refractivity contribution in [3.05, 3.63) is 12.7 Å². The van der Waals surface area contributed by atoms with Crippen LogP contribution in [0.3, 0.4) is 0 Å². The number of hydrogen-bond acceptors (Lipinski definition) is 12. The van der Waals surface area contributed by atoms with Crippen LogP contribution in [0.2, 0.25) is 0 Å². The van der Waals surface area contributed by atoms with Crippen molar-refractivity contribution in [1.82, 2.24) is 19.5 Å². The third-order valence-corrected chi connectivity index (χ3v) is 12.0. The molecule has 2 aromatic heterocycles. The number of aromatic nitrogens is 4. The molecule has 12 nitrogen and oxygen atoms in total. The summed E-state index contributed by atoms with van der Waals surface area (Å²) in [6.45, 7) is 7.47. The second-order valence-electron chi connectivity index (χ2n) is 12.8. The quantitative estimate of drug-likeness (QED) is 0.0352. The van der Waals surface area contributed by atoms with Gasteiger partial charge >= 0.3 is 13.8 Å². The van der Waals surface area contributed by atoms with Crippen LogP contribution in [0.15, 0.2) is 12.7 Å². The van der Waals surface area contributed by atoms with Gasteiger partial charge in [-0.1, -0.05) is 102 Å². The van der Waals surface area contributed by atoms with E-state index in [2.05, 4.69) is 21.9 Å². The first-order valence-electron chi connectivity index (χ1n) is 18.2. The number of rotatable bonds is 30. The Labute approximate surface area is 301 Å². The zero-order chi connectivity index (χ0) is 35.7. The summed E-state index contributed by atoms with van der Waals surface area (Å²) in [6.07, 6.45) is 21.4. The fourth-order valence-electron chi connectivity index (χ4n) is 5.20. The summed E-state index contributed by atoms with van der Waals surface area (Å²) >= 11 is 5.72. The maximum atomic E-state index is 13.6. The minimum Gasteiger partial charge on any atom is -0.432 e. The molecule has 0 fully saturated rings. The smallest absolute Gasteiger partial charge is 0.432 e. The summed E-state index contributed by atoms with van der Waals surface area (Å²) in [5, 5.41) is 0. The molecule has 0 radical (unpaired) electrons. The molecule has 2 rings (SSSR count). The van der Waals surface area contributed by atoms with Crippen LogP contribution < -0.4 is 5.73 Å². The van der Waals surface area contributed by atoms with Crippen LogP contribution in [0.1, 0.15) is 130 Å². The van der Waals surface area contributed by atoms with Crippen LogP contribution in [-0.4, -0.2) is 69.1 Å². The standard InChI is InChI=1S/C34H62N5O7PS2/c1-5-6-7-8-9-10-11-12-13-14-15-16-17-19-22-49(48)23-20-18-21-44-47(41,45-27-42-34(40)46-29(2)3)28-43-30(4)24-39-26-38-31-32(35)36-25-37-33(31)39/h25-26,29-30H,5-24,27-28H2,1-4H3,(H2,35,36,37)/t30-,47+,49?/m1/s1. The number of ether oxygens (including phenoxy) is 3. The van der Waals surface area contributed by atoms with E-state index in [0.717, 1.165) is 17.9 Å². The summed E-state index contributed by atoms with van der Waals surface area (Å²) in [6, 6.07) is 0. The van der Waals surface area contributed by atoms with Gasteiger partial charge in [-0.3, -0.25) is 9.09 Å². The normalized spacial score (nSPS) is 14.2. The summed E-state index contributed by atoms with van der Waals surface area (Å²) in [7, 11) is -3.82. The Bertz CT molecular complexity index is 1250. The van der Waals surface area contributed by atoms with E-state index >= 15 is 0 Å². The Morgan fingerprint density at radius 2 is 1.47 bits per heavy atom. The lowest BCUT2D eigenvalue weighted by Gasteiger charge is -2.21. The van der Waals surface area contributed by atoms with Gasteiger partial charge < -0.3 is 29.0 Å². The van der Waals surface area contributed by atoms with Crippen LogP contribution >= 0.6 is 7.60 Å². The highest BCUT2D eigenvalue weighted by molar-refractivity contribution is 8.28. The van der Waals surface area contributed by atoms with Gasteiger partial charge in [-0.15, -0.1) is 9.45 Å². The molecule has 0 aliphatic rings. The zero-order valence-electron chi connectivity index (χ0n) is 30.4. The van der Waals surface area contributed by atoms with E-state index in [-0.39, 0.29) is 34.3 Å². The molecule has 0 aliphatic carbocycles. The fraction of sp³-hybridized carbons (Fsp3) is 0.824. The van der Waals surface area contributed by atoms with Gasteiger partial charge in [-0.05, 0) is 51.5 Å². The van der Waals surface area contributed by atoms with E-state index in [4.69, 9.17) is 40.2 Å². The predicted octanol–water partition coefficient (Wildman–Crippen LogP) is 8.86. The molecule has 2 heterocycles. The first kappa shape index (κ1) is 43.5. The van der Waals surface area contributed by atoms with Crippen LogP contribution in [0.5, 0.6) is 0 Å². The lowest BCUT2D eigenvalue weighted by atomic mass is 10.0. The molecule has 0 amide bonds. The Morgan fingerprint density at radius 3 is 2.08 bits per heavy atom. The number of carbonyl (C=O) groups is 1. The van der Waals surface area contributed by atoms with Gasteiger partial charge in [0.15, 0.2) is 11.5 Å². The van der Waals surface area contributed by atoms with Gasteiger partial charge in [0.2, 0.25) is 6.79 Å². The van der Waals surface area contributed by atoms with Crippen molar-refractivity contribution < 1.29 is 32.6 Å². The predicted molar refractivity (Wildman–Crippen MR) is 201 cm³/mol. The molecule has 49 heavy (non-hydrogen) atoms. The van der Waals surface area contributed by atoms with E-state index in [1.54, 1.807) is 24.7 Å². The monoisotopic (exact) mass is 747 g/mol. The molecule has 2 N–H and O–H groups in total. The number of nitrogens with zero attached hydrogens (tertiary/aromatic N) is 4. The highest BCUT2D eigenvalue weighted by atomic mass is 32.8. The summed E-state index contributed by atoms with van der Waals surface area (Å²) in [5.74, 6) is 2.31. The number of hydrogen-bond donors (Lipinski definition) is 1. The number of anilines is 1. The Hall–Kier alpha value is -1.70. The van der Waals surface area contributed by atoms with Crippen molar-refractivity contribution in [2.75, 3.05) is 37.0 Å². The highest BCUT2D eigenvalue weighted by Gasteiger charge is 2.28. The number of nitrogen functional groups attached to an aromatic ring is 1. The molecular weight excluding hydrogens is 686 g/mol. The van der Waals surface area contributed by atoms with Gasteiger partial charge in [-0.2, -0.15) is 0 Å². The zero-order valence-corrected chi connectivity index (χ0v) is 32.9. The van der Waals surface area contributed by atoms with Crippen LogP contribution in [0.25, 0.3) is 11.2 Å². The molecule has 282 valence electrons. The second-order valence-corrected chi connectivity index (χ2v) is 17.9. The van der Waals surface area contributed by atoms with Gasteiger partial charge in [0.05, 0.1) is 31.7 Å². The van der Waals surface area contributed by atoms with Crippen molar-refractivity contribution in [3.63, 3.8) is 0 Å². The van der Waals surface area contributed by atoms with E-state index in [1.807, 2.05) is 6.92 Å². The van der Waals surface area contributed by atoms with Gasteiger partial charge in [0, 0.05) is 0 Å². The minimum atomic E-state index is -3.77. The molecule has 3 atom stereocenters. The van der Waals surface area contributed by atoms with E-state index in [9.17, 15) is 9.36 Å². The topological polar surface area (TPSA) is 150 Å². The Balaban J connectivity index is 1.63. The maximum Gasteiger partial charge on any atom is 0.510 e. The van der Waals surface area contributed by atoms with Gasteiger partial charge in [0.25, 0.3) is 0 Å². The largest absolute Gasteiger partial charge is 0.510 e. The molecular formula is C34H62N5O7PS2. The van der Waals surface area contributed by atoms with Gasteiger partial charge in [-0.25, -0.2) is 19.7 Å². The Morgan fingerprint density at radius 1 is 0.878 bits per heavy atom. The van der Waals surface area contributed by atoms with Crippen molar-refractivity contribution in [3.8, 4) is 0 Å². The van der Waals surface area contributed by atoms with E-state index in [1.165, 1.54) is 96.2 Å². The molecule has 0 bridgehead atoms. The van der Waals surface area contributed by atoms with Crippen LogP contribution in [0.4, 0.5) is 10.6 Å². The van der Waals surface area contributed by atoms with Crippen LogP contribution in [-0.2, 0) is 55.0 Å². The van der Waals surface area contributed by atoms with Crippen molar-refractivity contribution in [2.45, 2.75) is 149 Å². The molecule has 0 aliphatic heterocycles. The highest BCUT2D eigenvalue weighted by Crippen LogP contribution is 2.48. The fourth-order valence-corrected chi connectivity index (χ4v) is 8.45. The maximum absolute atomic E-state index is 13.6. The second kappa shape index (κ2) is 26.1. The first-order chi connectivity index (χ1) is 23.6. The average Bonchev–Trinajstić information content (AvgIpc) is 3.47. The summed E-state index contributed by atoms with van der Waals surface area (Å²) in [4.78, 5) is 24.2. The Kier molecular flexibility index (Phi) is 23.2. The average molecular weight is 748 g/mol. The third kappa shape index (κ3) is 20.1. The molecule has 1 unspecified atom stereocenters. The lowest BCUT2D eigenvalue weighted by Crippen LogP contribution is -2.19. The van der Waals surface area contributed by atoms with Crippen LogP contribution in [0, 0.1) is 0 Å². The van der Waals surface area contributed by atoms with Crippen molar-refractivity contribution >= 4 is 51.4 Å². The molecule has 0 spiro atoms. The SMILES string of the molecule is CCCCCCCCCCCCCCCCS(=S)CCCCO[P@@](=O)(CO[C@H](C)Cn1cnc2c(N)ncnc21)OCOC(=O)OC(C)C. The number of unbranched alkanes of at least 4 members (excludes halogenated alkanes) is 14. The molecule has 2 aromatic rings. The van der Waals surface area contributed by atoms with Crippen molar-refractivity contribution in [1.29, 1.82) is 0 Å². The molecule has 15 heteroatoms. The van der Waals surface area contributed by atoms with Gasteiger partial charge in [0.1, 0.15) is 18.2 Å². The lowest BCUT2D eigenvalue weighted by molar-refractivity contribution is -0.0181. The number of imidazole rings is 1. The first-order valence-corrected chi connectivity index (χ1v) is 22.4. The summed E-state index contributed by atoms with van der Waals surface area (Å²) in [5.41, 5.74) is 6.95. The van der Waals surface area contributed by atoms with E-state index in [0.29, 0.717) is 24.1 Å². The summed E-state index contributed by atoms with van der Waals surface area (Å²) < 4.78 is 42.2. The van der Waals surface area contributed by atoms with E-state index < -0.39 is 26.6 Å². The minimum absolute atomic E-state index is 0.0563. The number of carbonyl (C=O) groups excluding carboxylic acids is 1. The molecule has 0 saturated heterocycles.